The second-order valence-corrected chi connectivity index (χ2v) is 7.01. The molecule has 0 atom stereocenters. The van der Waals surface area contributed by atoms with E-state index in [2.05, 4.69) is 10.0 Å². The van der Waals surface area contributed by atoms with Crippen molar-refractivity contribution in [3.8, 4) is 0 Å². The number of ether oxygens (including phenoxy) is 1. The number of nitrogens with one attached hydrogen (secondary N) is 3. The summed E-state index contributed by atoms with van der Waals surface area (Å²) in [6.07, 6.45) is 1.44. The van der Waals surface area contributed by atoms with Gasteiger partial charge in [-0.25, -0.2) is 22.7 Å². The molecule has 0 aliphatic carbocycles. The first kappa shape index (κ1) is 20.1. The topological polar surface area (TPSA) is 144 Å². The fourth-order valence-electron chi connectivity index (χ4n) is 1.91. The molecule has 3 amide bonds. The maximum Gasteiger partial charge on any atom is 0.338 e. The van der Waals surface area contributed by atoms with Gasteiger partial charge in [0.15, 0.2) is 6.61 Å². The monoisotopic (exact) mass is 395 g/mol. The molecule has 27 heavy (non-hydrogen) atoms. The number of imide groups is 1. The molecule has 3 N–H and O–H groups in total. The fourth-order valence-corrected chi connectivity index (χ4v) is 2.69. The van der Waals surface area contributed by atoms with Gasteiger partial charge in [0.25, 0.3) is 5.91 Å². The Morgan fingerprint density at radius 2 is 1.93 bits per heavy atom. The predicted molar refractivity (Wildman–Crippen MR) is 92.1 cm³/mol. The van der Waals surface area contributed by atoms with Gasteiger partial charge in [-0.15, -0.1) is 0 Å². The van der Waals surface area contributed by atoms with Gasteiger partial charge in [0, 0.05) is 0 Å². The van der Waals surface area contributed by atoms with E-state index in [-0.39, 0.29) is 17.0 Å². The summed E-state index contributed by atoms with van der Waals surface area (Å²) in [5.74, 6) is -1.26. The summed E-state index contributed by atoms with van der Waals surface area (Å²) in [5.41, 5.74) is -0.0543. The molecule has 2 aromatic rings. The second-order valence-electron chi connectivity index (χ2n) is 5.12. The van der Waals surface area contributed by atoms with E-state index in [1.54, 1.807) is 12.1 Å². The highest BCUT2D eigenvalue weighted by Crippen LogP contribution is 2.12. The number of furan rings is 1. The summed E-state index contributed by atoms with van der Waals surface area (Å²) < 4.78 is 35.4. The van der Waals surface area contributed by atoms with Crippen LogP contribution in [-0.4, -0.2) is 40.0 Å². The lowest BCUT2D eigenvalue weighted by Gasteiger charge is -2.08. The van der Waals surface area contributed by atoms with E-state index < -0.39 is 34.5 Å². The number of amides is 3. The van der Waals surface area contributed by atoms with Crippen LogP contribution in [0.4, 0.5) is 4.79 Å². The smallest absolute Gasteiger partial charge is 0.338 e. The van der Waals surface area contributed by atoms with E-state index in [0.717, 1.165) is 6.07 Å². The van der Waals surface area contributed by atoms with E-state index in [0.29, 0.717) is 5.76 Å². The normalized spacial score (nSPS) is 10.9. The molecule has 0 aliphatic heterocycles. The van der Waals surface area contributed by atoms with Crippen LogP contribution in [0.1, 0.15) is 16.1 Å². The zero-order chi connectivity index (χ0) is 19.9. The molecular formula is C16H17N3O7S. The Balaban J connectivity index is 1.83. The van der Waals surface area contributed by atoms with Gasteiger partial charge in [-0.2, -0.15) is 0 Å². The zero-order valence-electron chi connectivity index (χ0n) is 14.2. The lowest BCUT2D eigenvalue weighted by Crippen LogP contribution is -2.41. The molecule has 1 aromatic carbocycles. The number of hydrogen-bond donors (Lipinski definition) is 3. The largest absolute Gasteiger partial charge is 0.467 e. The maximum atomic E-state index is 12.0. The Hall–Kier alpha value is -3.18. The molecule has 0 unspecified atom stereocenters. The van der Waals surface area contributed by atoms with Gasteiger partial charge in [0.05, 0.1) is 23.3 Å². The third-order valence-corrected chi connectivity index (χ3v) is 4.65. The summed E-state index contributed by atoms with van der Waals surface area (Å²) in [5, 5.41) is 4.37. The van der Waals surface area contributed by atoms with Crippen LogP contribution in [0.15, 0.2) is 52.0 Å². The molecule has 0 aliphatic rings. The average Bonchev–Trinajstić information content (AvgIpc) is 3.18. The SMILES string of the molecule is CNS(=O)(=O)c1cccc(C(=O)OCC(=O)NC(=O)NCc2ccco2)c1. The molecule has 10 nitrogen and oxygen atoms in total. The van der Waals surface area contributed by atoms with Gasteiger partial charge < -0.3 is 14.5 Å². The van der Waals surface area contributed by atoms with Crippen molar-refractivity contribution in [2.24, 2.45) is 0 Å². The van der Waals surface area contributed by atoms with Crippen LogP contribution >= 0.6 is 0 Å². The molecule has 144 valence electrons. The average molecular weight is 395 g/mol. The molecule has 1 aromatic heterocycles. The highest BCUT2D eigenvalue weighted by Gasteiger charge is 2.16. The number of carbonyl (C=O) groups excluding carboxylic acids is 3. The number of esters is 1. The molecule has 0 saturated heterocycles. The minimum absolute atomic E-state index is 0.0543. The molecule has 0 spiro atoms. The molecule has 1 heterocycles. The molecular weight excluding hydrogens is 378 g/mol. The van der Waals surface area contributed by atoms with Gasteiger partial charge in [-0.05, 0) is 37.4 Å². The van der Waals surface area contributed by atoms with Crippen molar-refractivity contribution < 1.29 is 32.0 Å². The summed E-state index contributed by atoms with van der Waals surface area (Å²) in [7, 11) is -2.49. The number of urea groups is 1. The quantitative estimate of drug-likeness (QED) is 0.575. The third kappa shape index (κ3) is 5.94. The summed E-state index contributed by atoms with van der Waals surface area (Å²) in [6, 6.07) is 7.63. The minimum atomic E-state index is -3.72. The van der Waals surface area contributed by atoms with Crippen LogP contribution < -0.4 is 15.4 Å². The van der Waals surface area contributed by atoms with Gasteiger partial charge in [0.2, 0.25) is 10.0 Å². The van der Waals surface area contributed by atoms with E-state index in [9.17, 15) is 22.8 Å². The molecule has 2 rings (SSSR count). The lowest BCUT2D eigenvalue weighted by atomic mass is 10.2. The first-order valence-corrected chi connectivity index (χ1v) is 9.11. The Morgan fingerprint density at radius 3 is 2.59 bits per heavy atom. The third-order valence-electron chi connectivity index (χ3n) is 3.24. The predicted octanol–water partition coefficient (Wildman–Crippen LogP) is 0.371. The number of rotatable bonds is 7. The van der Waals surface area contributed by atoms with Crippen LogP contribution in [0.25, 0.3) is 0 Å². The lowest BCUT2D eigenvalue weighted by molar-refractivity contribution is -0.123. The minimum Gasteiger partial charge on any atom is -0.467 e. The van der Waals surface area contributed by atoms with Crippen molar-refractivity contribution in [1.82, 2.24) is 15.4 Å². The standard InChI is InChI=1S/C16H17N3O7S/c1-17-27(23,24)13-6-2-4-11(8-13)15(21)26-10-14(20)19-16(22)18-9-12-5-3-7-25-12/h2-8,17H,9-10H2,1H3,(H2,18,19,20,22). The highest BCUT2D eigenvalue weighted by molar-refractivity contribution is 7.89. The Bertz CT molecular complexity index is 923. The van der Waals surface area contributed by atoms with Crippen molar-refractivity contribution in [2.45, 2.75) is 11.4 Å². The fraction of sp³-hybridized carbons (Fsp3) is 0.188. The molecule has 11 heteroatoms. The molecule has 0 radical (unpaired) electrons. The number of sulfonamides is 1. The van der Waals surface area contributed by atoms with E-state index in [4.69, 9.17) is 9.15 Å². The molecule has 0 bridgehead atoms. The summed E-state index contributed by atoms with van der Waals surface area (Å²) in [6.45, 7) is -0.630. The van der Waals surface area contributed by atoms with E-state index in [1.807, 2.05) is 5.32 Å². The van der Waals surface area contributed by atoms with Crippen LogP contribution in [-0.2, 0) is 26.1 Å². The van der Waals surface area contributed by atoms with E-state index >= 15 is 0 Å². The zero-order valence-corrected chi connectivity index (χ0v) is 15.0. The Kier molecular flexibility index (Phi) is 6.68. The van der Waals surface area contributed by atoms with Crippen molar-refractivity contribution in [2.75, 3.05) is 13.7 Å². The Morgan fingerprint density at radius 1 is 1.15 bits per heavy atom. The van der Waals surface area contributed by atoms with Gasteiger partial charge in [0.1, 0.15) is 5.76 Å². The summed E-state index contributed by atoms with van der Waals surface area (Å²) in [4.78, 5) is 35.0. The second kappa shape index (κ2) is 8.96. The van der Waals surface area contributed by atoms with Crippen LogP contribution in [0.5, 0.6) is 0 Å². The number of carbonyl (C=O) groups is 3. The van der Waals surface area contributed by atoms with Crippen molar-refractivity contribution in [1.29, 1.82) is 0 Å². The number of benzene rings is 1. The van der Waals surface area contributed by atoms with Gasteiger partial charge >= 0.3 is 12.0 Å². The van der Waals surface area contributed by atoms with Crippen LogP contribution in [0, 0.1) is 0 Å². The van der Waals surface area contributed by atoms with Gasteiger partial charge in [-0.3, -0.25) is 10.1 Å². The Labute approximate surface area is 154 Å². The van der Waals surface area contributed by atoms with Crippen LogP contribution in [0.2, 0.25) is 0 Å². The van der Waals surface area contributed by atoms with E-state index in [1.165, 1.54) is 31.5 Å². The van der Waals surface area contributed by atoms with Crippen molar-refractivity contribution in [3.63, 3.8) is 0 Å². The highest BCUT2D eigenvalue weighted by atomic mass is 32.2. The van der Waals surface area contributed by atoms with Crippen molar-refractivity contribution in [3.05, 3.63) is 54.0 Å². The summed E-state index contributed by atoms with van der Waals surface area (Å²) >= 11 is 0. The molecule has 0 fully saturated rings. The first-order valence-electron chi connectivity index (χ1n) is 7.62. The van der Waals surface area contributed by atoms with Crippen LogP contribution in [0.3, 0.4) is 0 Å². The van der Waals surface area contributed by atoms with Gasteiger partial charge in [-0.1, -0.05) is 6.07 Å². The maximum absolute atomic E-state index is 12.0. The first-order chi connectivity index (χ1) is 12.8. The number of hydrogen-bond acceptors (Lipinski definition) is 7. The molecule has 0 saturated carbocycles. The van der Waals surface area contributed by atoms with Crippen molar-refractivity contribution >= 4 is 27.9 Å².